The maximum atomic E-state index is 13.4. The van der Waals surface area contributed by atoms with Crippen LogP contribution in [0.25, 0.3) is 0 Å². The van der Waals surface area contributed by atoms with E-state index < -0.39 is 39.7 Å². The van der Waals surface area contributed by atoms with Crippen molar-refractivity contribution < 1.29 is 27.3 Å². The molecule has 1 saturated heterocycles. The molecule has 2 aromatic heterocycles. The van der Waals surface area contributed by atoms with E-state index in [2.05, 4.69) is 20.8 Å². The van der Waals surface area contributed by atoms with Crippen LogP contribution in [0.3, 0.4) is 0 Å². The Labute approximate surface area is 216 Å². The lowest BCUT2D eigenvalue weighted by Crippen LogP contribution is -2.53. The molecule has 0 spiro atoms. The van der Waals surface area contributed by atoms with E-state index in [4.69, 9.17) is 4.52 Å². The highest BCUT2D eigenvalue weighted by molar-refractivity contribution is 7.89. The summed E-state index contributed by atoms with van der Waals surface area (Å²) in [4.78, 5) is 43.2. The number of nitrogens with one attached hydrogen (secondary N) is 2. The van der Waals surface area contributed by atoms with Gasteiger partial charge in [0.1, 0.15) is 17.4 Å². The number of carbonyl (C=O) groups excluding carboxylic acids is 3. The molecular formula is C25H33N5O6S. The first kappa shape index (κ1) is 26.9. The van der Waals surface area contributed by atoms with Gasteiger partial charge in [-0.15, -0.1) is 0 Å². The van der Waals surface area contributed by atoms with Crippen LogP contribution in [0.2, 0.25) is 0 Å². The Morgan fingerprint density at radius 1 is 1.16 bits per heavy atom. The number of carbonyl (C=O) groups is 3. The SMILES string of the molecule is Cc1oncc1C(=O)NC(CC1CCCCC1)C(=O)NC1CCCN(S(=O)(=O)c2ccccn2)CC1=O. The van der Waals surface area contributed by atoms with Gasteiger partial charge in [-0.05, 0) is 44.2 Å². The number of sulfonamides is 1. The fourth-order valence-corrected chi connectivity index (χ4v) is 6.37. The summed E-state index contributed by atoms with van der Waals surface area (Å²) in [5, 5.41) is 9.11. The number of nitrogens with zero attached hydrogens (tertiary/aromatic N) is 3. The van der Waals surface area contributed by atoms with Gasteiger partial charge in [-0.1, -0.05) is 43.3 Å². The van der Waals surface area contributed by atoms with Gasteiger partial charge in [-0.3, -0.25) is 14.4 Å². The second-order valence-electron chi connectivity index (χ2n) is 9.74. The van der Waals surface area contributed by atoms with Crippen molar-refractivity contribution in [2.24, 2.45) is 5.92 Å². The van der Waals surface area contributed by atoms with Crippen molar-refractivity contribution in [1.82, 2.24) is 25.1 Å². The Morgan fingerprint density at radius 3 is 2.62 bits per heavy atom. The number of Topliss-reactive ketones (excluding diaryl/α,β-unsaturated/α-hetero) is 1. The summed E-state index contributed by atoms with van der Waals surface area (Å²) in [6.45, 7) is 1.41. The largest absolute Gasteiger partial charge is 0.361 e. The highest BCUT2D eigenvalue weighted by Gasteiger charge is 2.35. The van der Waals surface area contributed by atoms with Gasteiger partial charge in [0.25, 0.3) is 15.9 Å². The van der Waals surface area contributed by atoms with Gasteiger partial charge in [0, 0.05) is 12.7 Å². The molecule has 1 aliphatic carbocycles. The Bertz CT molecular complexity index is 1210. The zero-order chi connectivity index (χ0) is 26.4. The van der Waals surface area contributed by atoms with E-state index in [1.165, 1.54) is 18.5 Å². The maximum Gasteiger partial charge on any atom is 0.260 e. The monoisotopic (exact) mass is 531 g/mol. The summed E-state index contributed by atoms with van der Waals surface area (Å²) in [5.41, 5.74) is 0.252. The fourth-order valence-electron chi connectivity index (χ4n) is 5.00. The molecule has 0 bridgehead atoms. The van der Waals surface area contributed by atoms with Crippen molar-refractivity contribution in [3.05, 3.63) is 41.9 Å². The molecule has 11 nitrogen and oxygen atoms in total. The van der Waals surface area contributed by atoms with Crippen molar-refractivity contribution >= 4 is 27.6 Å². The maximum absolute atomic E-state index is 13.4. The Balaban J connectivity index is 1.45. The van der Waals surface area contributed by atoms with Crippen molar-refractivity contribution in [2.75, 3.05) is 13.1 Å². The van der Waals surface area contributed by atoms with Crippen LogP contribution >= 0.6 is 0 Å². The van der Waals surface area contributed by atoms with Crippen LogP contribution in [0.1, 0.15) is 67.5 Å². The summed E-state index contributed by atoms with van der Waals surface area (Å²) in [5.74, 6) is -0.676. The first-order valence-electron chi connectivity index (χ1n) is 12.7. The number of amides is 2. The normalized spacial score (nSPS) is 20.7. The van der Waals surface area contributed by atoms with Crippen LogP contribution in [-0.4, -0.2) is 65.6 Å². The Kier molecular flexibility index (Phi) is 8.70. The third-order valence-corrected chi connectivity index (χ3v) is 8.85. The van der Waals surface area contributed by atoms with E-state index in [9.17, 15) is 22.8 Å². The number of rotatable bonds is 8. The van der Waals surface area contributed by atoms with Gasteiger partial charge in [0.15, 0.2) is 10.8 Å². The van der Waals surface area contributed by atoms with Gasteiger partial charge in [0.05, 0.1) is 18.8 Å². The molecule has 0 aromatic carbocycles. The van der Waals surface area contributed by atoms with Gasteiger partial charge in [-0.25, -0.2) is 13.4 Å². The molecule has 0 radical (unpaired) electrons. The van der Waals surface area contributed by atoms with Crippen LogP contribution in [-0.2, 0) is 19.6 Å². The molecule has 12 heteroatoms. The molecule has 2 N–H and O–H groups in total. The lowest BCUT2D eigenvalue weighted by Gasteiger charge is -2.27. The van der Waals surface area contributed by atoms with Crippen molar-refractivity contribution in [1.29, 1.82) is 0 Å². The standard InChI is InChI=1S/C25H33N5O6S/c1-17-19(15-27-36-17)24(32)29-21(14-18-8-3-2-4-9-18)25(33)28-20-10-7-13-30(16-22(20)31)37(34,35)23-11-5-6-12-26-23/h5-6,11-12,15,18,20-21H,2-4,7-10,13-14,16H2,1H3,(H,28,33)(H,29,32). The summed E-state index contributed by atoms with van der Waals surface area (Å²) in [7, 11) is -3.93. The Hall–Kier alpha value is -3.12. The number of aromatic nitrogens is 2. The summed E-state index contributed by atoms with van der Waals surface area (Å²) in [6, 6.07) is 2.89. The summed E-state index contributed by atoms with van der Waals surface area (Å²) >= 11 is 0. The second kappa shape index (κ2) is 12.0. The van der Waals surface area contributed by atoms with Gasteiger partial charge in [-0.2, -0.15) is 4.31 Å². The minimum atomic E-state index is -3.93. The molecule has 3 heterocycles. The fraction of sp³-hybridized carbons (Fsp3) is 0.560. The van der Waals surface area contributed by atoms with Gasteiger partial charge in [0.2, 0.25) is 5.91 Å². The van der Waals surface area contributed by atoms with Crippen LogP contribution in [0.4, 0.5) is 0 Å². The van der Waals surface area contributed by atoms with Crippen LogP contribution in [0.15, 0.2) is 40.1 Å². The smallest absolute Gasteiger partial charge is 0.260 e. The minimum absolute atomic E-state index is 0.121. The highest BCUT2D eigenvalue weighted by atomic mass is 32.2. The molecule has 200 valence electrons. The molecule has 37 heavy (non-hydrogen) atoms. The molecule has 1 saturated carbocycles. The zero-order valence-electron chi connectivity index (χ0n) is 20.9. The number of ketones is 1. The quantitative estimate of drug-likeness (QED) is 0.525. The minimum Gasteiger partial charge on any atom is -0.361 e. The molecule has 2 unspecified atom stereocenters. The average Bonchev–Trinajstić information content (AvgIpc) is 3.24. The van der Waals surface area contributed by atoms with Crippen LogP contribution in [0, 0.1) is 12.8 Å². The number of hydrogen-bond donors (Lipinski definition) is 2. The molecule has 2 fully saturated rings. The van der Waals surface area contributed by atoms with Crippen molar-refractivity contribution in [3.8, 4) is 0 Å². The Morgan fingerprint density at radius 2 is 1.95 bits per heavy atom. The first-order valence-corrected chi connectivity index (χ1v) is 14.2. The summed E-state index contributed by atoms with van der Waals surface area (Å²) in [6.07, 6.45) is 9.14. The predicted octanol–water partition coefficient (Wildman–Crippen LogP) is 1.99. The number of pyridine rings is 1. The molecule has 2 aromatic rings. The van der Waals surface area contributed by atoms with E-state index in [0.29, 0.717) is 25.0 Å². The highest BCUT2D eigenvalue weighted by Crippen LogP contribution is 2.28. The third kappa shape index (κ3) is 6.61. The molecule has 2 amide bonds. The van der Waals surface area contributed by atoms with Crippen LogP contribution < -0.4 is 10.6 Å². The second-order valence-corrected chi connectivity index (χ2v) is 11.6. The lowest BCUT2D eigenvalue weighted by atomic mass is 9.84. The molecular weight excluding hydrogens is 498 g/mol. The van der Waals surface area contributed by atoms with E-state index in [1.807, 2.05) is 0 Å². The van der Waals surface area contributed by atoms with E-state index in [1.54, 1.807) is 19.1 Å². The van der Waals surface area contributed by atoms with Crippen molar-refractivity contribution in [3.63, 3.8) is 0 Å². The number of hydrogen-bond acceptors (Lipinski definition) is 8. The molecule has 4 rings (SSSR count). The molecule has 2 aliphatic rings. The molecule has 1 aliphatic heterocycles. The van der Waals surface area contributed by atoms with Gasteiger partial charge < -0.3 is 15.2 Å². The predicted molar refractivity (Wildman–Crippen MR) is 133 cm³/mol. The lowest BCUT2D eigenvalue weighted by molar-refractivity contribution is -0.129. The van der Waals surface area contributed by atoms with Gasteiger partial charge >= 0.3 is 0 Å². The first-order chi connectivity index (χ1) is 17.8. The number of aryl methyl sites for hydroxylation is 1. The van der Waals surface area contributed by atoms with E-state index in [0.717, 1.165) is 36.4 Å². The third-order valence-electron chi connectivity index (χ3n) is 7.09. The van der Waals surface area contributed by atoms with Crippen LogP contribution in [0.5, 0.6) is 0 Å². The topological polar surface area (TPSA) is 152 Å². The average molecular weight is 532 g/mol. The molecule has 2 atom stereocenters. The zero-order valence-corrected chi connectivity index (χ0v) is 21.7. The van der Waals surface area contributed by atoms with Crippen molar-refractivity contribution in [2.45, 2.75) is 75.4 Å². The summed E-state index contributed by atoms with van der Waals surface area (Å²) < 4.78 is 32.0. The van der Waals surface area contributed by atoms with E-state index >= 15 is 0 Å². The van der Waals surface area contributed by atoms with E-state index in [-0.39, 0.29) is 29.6 Å².